The summed E-state index contributed by atoms with van der Waals surface area (Å²) in [6.45, 7) is 7.41. The number of hydrogen-bond acceptors (Lipinski definition) is 4. The summed E-state index contributed by atoms with van der Waals surface area (Å²) in [7, 11) is 0. The topological polar surface area (TPSA) is 59.6 Å². The highest BCUT2D eigenvalue weighted by Gasteiger charge is 2.15. The molecule has 0 aromatic heterocycles. The first-order chi connectivity index (χ1) is 10.8. The van der Waals surface area contributed by atoms with Crippen LogP contribution in [0.2, 0.25) is 0 Å². The Hall–Kier alpha value is -1.71. The van der Waals surface area contributed by atoms with E-state index in [1.54, 1.807) is 0 Å². The molecule has 23 heavy (non-hydrogen) atoms. The van der Waals surface area contributed by atoms with E-state index in [-0.39, 0.29) is 6.61 Å². The fourth-order valence-electron chi connectivity index (χ4n) is 1.74. The standard InChI is InChI=1S/C17H23BrN2O3/c1-5-10-22-15-7-6-14(18)11-13(15)12-19-8-9-20-16(21)23-17(2,3)4/h1,6-7,11,19H,8-10,12H2,2-4H3,(H,20,21). The van der Waals surface area contributed by atoms with E-state index in [4.69, 9.17) is 15.9 Å². The largest absolute Gasteiger partial charge is 0.481 e. The van der Waals surface area contributed by atoms with Gasteiger partial charge in [0, 0.05) is 29.7 Å². The number of halogens is 1. The summed E-state index contributed by atoms with van der Waals surface area (Å²) < 4.78 is 11.6. The van der Waals surface area contributed by atoms with Crippen molar-refractivity contribution in [2.45, 2.75) is 32.9 Å². The second-order valence-corrected chi connectivity index (χ2v) is 6.77. The molecule has 0 radical (unpaired) electrons. The van der Waals surface area contributed by atoms with E-state index in [2.05, 4.69) is 32.5 Å². The van der Waals surface area contributed by atoms with Crippen molar-refractivity contribution in [1.29, 1.82) is 0 Å². The molecule has 0 saturated carbocycles. The van der Waals surface area contributed by atoms with Gasteiger partial charge in [0.05, 0.1) is 0 Å². The number of alkyl carbamates (subject to hydrolysis) is 1. The minimum Gasteiger partial charge on any atom is -0.481 e. The molecule has 0 atom stereocenters. The van der Waals surface area contributed by atoms with Crippen molar-refractivity contribution in [2.75, 3.05) is 19.7 Å². The van der Waals surface area contributed by atoms with Crippen LogP contribution in [0, 0.1) is 12.3 Å². The van der Waals surface area contributed by atoms with Crippen LogP contribution in [0.3, 0.4) is 0 Å². The fourth-order valence-corrected chi connectivity index (χ4v) is 2.15. The molecule has 5 nitrogen and oxygen atoms in total. The van der Waals surface area contributed by atoms with Crippen LogP contribution < -0.4 is 15.4 Å². The molecule has 1 amide bonds. The van der Waals surface area contributed by atoms with E-state index < -0.39 is 11.7 Å². The van der Waals surface area contributed by atoms with Gasteiger partial charge >= 0.3 is 6.09 Å². The van der Waals surface area contributed by atoms with Gasteiger partial charge in [0.15, 0.2) is 0 Å². The molecule has 6 heteroatoms. The Bertz CT molecular complexity index is 562. The molecular weight excluding hydrogens is 360 g/mol. The summed E-state index contributed by atoms with van der Waals surface area (Å²) in [5.41, 5.74) is 0.504. The zero-order valence-electron chi connectivity index (χ0n) is 13.7. The lowest BCUT2D eigenvalue weighted by molar-refractivity contribution is 0.0528. The van der Waals surface area contributed by atoms with Crippen molar-refractivity contribution in [3.05, 3.63) is 28.2 Å². The van der Waals surface area contributed by atoms with Gasteiger partial charge < -0.3 is 20.1 Å². The number of nitrogens with one attached hydrogen (secondary N) is 2. The Morgan fingerprint density at radius 2 is 2.09 bits per heavy atom. The van der Waals surface area contributed by atoms with E-state index in [1.165, 1.54) is 0 Å². The van der Waals surface area contributed by atoms with Gasteiger partial charge in [-0.05, 0) is 39.0 Å². The first-order valence-electron chi connectivity index (χ1n) is 7.34. The van der Waals surface area contributed by atoms with Crippen LogP contribution in [0.5, 0.6) is 5.75 Å². The van der Waals surface area contributed by atoms with Gasteiger partial charge in [0.25, 0.3) is 0 Å². The van der Waals surface area contributed by atoms with Gasteiger partial charge in [-0.2, -0.15) is 0 Å². The van der Waals surface area contributed by atoms with Crippen molar-refractivity contribution in [2.24, 2.45) is 0 Å². The van der Waals surface area contributed by atoms with E-state index in [9.17, 15) is 4.79 Å². The summed E-state index contributed by atoms with van der Waals surface area (Å²) >= 11 is 3.44. The average Bonchev–Trinajstić information content (AvgIpc) is 2.44. The number of rotatable bonds is 7. The lowest BCUT2D eigenvalue weighted by Gasteiger charge is -2.19. The molecule has 1 aromatic rings. The first kappa shape index (κ1) is 19.3. The lowest BCUT2D eigenvalue weighted by atomic mass is 10.2. The second kappa shape index (κ2) is 9.43. The Balaban J connectivity index is 2.37. The Kier molecular flexibility index (Phi) is 7.93. The summed E-state index contributed by atoms with van der Waals surface area (Å²) in [6, 6.07) is 5.75. The highest BCUT2D eigenvalue weighted by molar-refractivity contribution is 9.10. The number of hydrogen-bond donors (Lipinski definition) is 2. The van der Waals surface area contributed by atoms with Gasteiger partial charge in [0.2, 0.25) is 0 Å². The van der Waals surface area contributed by atoms with E-state index in [1.807, 2.05) is 39.0 Å². The van der Waals surface area contributed by atoms with Crippen LogP contribution in [0.25, 0.3) is 0 Å². The highest BCUT2D eigenvalue weighted by Crippen LogP contribution is 2.23. The predicted octanol–water partition coefficient (Wildman–Crippen LogP) is 3.08. The molecule has 0 unspecified atom stereocenters. The van der Waals surface area contributed by atoms with E-state index >= 15 is 0 Å². The number of carbonyl (C=O) groups is 1. The van der Waals surface area contributed by atoms with E-state index in [0.717, 1.165) is 15.8 Å². The third kappa shape index (κ3) is 8.48. The average molecular weight is 383 g/mol. The van der Waals surface area contributed by atoms with Crippen molar-refractivity contribution < 1.29 is 14.3 Å². The Morgan fingerprint density at radius 1 is 1.35 bits per heavy atom. The summed E-state index contributed by atoms with van der Waals surface area (Å²) in [6.07, 6.45) is 4.80. The van der Waals surface area contributed by atoms with Gasteiger partial charge in [0.1, 0.15) is 18.0 Å². The van der Waals surface area contributed by atoms with Crippen LogP contribution in [0.15, 0.2) is 22.7 Å². The number of terminal acetylenes is 1. The van der Waals surface area contributed by atoms with Gasteiger partial charge in [-0.25, -0.2) is 4.79 Å². The third-order valence-corrected chi connectivity index (χ3v) is 3.11. The predicted molar refractivity (Wildman–Crippen MR) is 94.4 cm³/mol. The van der Waals surface area contributed by atoms with Crippen LogP contribution in [-0.2, 0) is 11.3 Å². The molecule has 0 aliphatic carbocycles. The zero-order valence-corrected chi connectivity index (χ0v) is 15.3. The smallest absolute Gasteiger partial charge is 0.407 e. The molecular formula is C17H23BrN2O3. The molecule has 126 valence electrons. The van der Waals surface area contributed by atoms with Crippen LogP contribution >= 0.6 is 15.9 Å². The number of amides is 1. The van der Waals surface area contributed by atoms with Gasteiger partial charge in [-0.3, -0.25) is 0 Å². The van der Waals surface area contributed by atoms with E-state index in [0.29, 0.717) is 19.6 Å². The molecule has 0 aliphatic rings. The minimum atomic E-state index is -0.489. The minimum absolute atomic E-state index is 0.231. The van der Waals surface area contributed by atoms with Crippen LogP contribution in [-0.4, -0.2) is 31.4 Å². The van der Waals surface area contributed by atoms with Crippen molar-refractivity contribution in [3.63, 3.8) is 0 Å². The molecule has 2 N–H and O–H groups in total. The Labute approximate surface area is 146 Å². The highest BCUT2D eigenvalue weighted by atomic mass is 79.9. The maximum atomic E-state index is 11.5. The normalized spacial score (nSPS) is 10.7. The summed E-state index contributed by atoms with van der Waals surface area (Å²) in [5.74, 6) is 3.20. The molecule has 1 aromatic carbocycles. The van der Waals surface area contributed by atoms with Crippen molar-refractivity contribution >= 4 is 22.0 Å². The zero-order chi connectivity index (χ0) is 17.3. The summed E-state index contributed by atoms with van der Waals surface area (Å²) in [5, 5.41) is 5.94. The molecule has 0 fully saturated rings. The number of carbonyl (C=O) groups excluding carboxylic acids is 1. The maximum Gasteiger partial charge on any atom is 0.407 e. The van der Waals surface area contributed by atoms with Gasteiger partial charge in [-0.15, -0.1) is 6.42 Å². The second-order valence-electron chi connectivity index (χ2n) is 5.85. The van der Waals surface area contributed by atoms with Crippen molar-refractivity contribution in [3.8, 4) is 18.1 Å². The SMILES string of the molecule is C#CCOc1ccc(Br)cc1CNCCNC(=O)OC(C)(C)C. The molecule has 0 saturated heterocycles. The first-order valence-corrected chi connectivity index (χ1v) is 8.13. The van der Waals surface area contributed by atoms with Crippen LogP contribution in [0.1, 0.15) is 26.3 Å². The molecule has 0 heterocycles. The molecule has 0 spiro atoms. The molecule has 0 aliphatic heterocycles. The van der Waals surface area contributed by atoms with Crippen molar-refractivity contribution in [1.82, 2.24) is 10.6 Å². The quantitative estimate of drug-likeness (QED) is 0.561. The Morgan fingerprint density at radius 3 is 2.74 bits per heavy atom. The monoisotopic (exact) mass is 382 g/mol. The molecule has 1 rings (SSSR count). The third-order valence-electron chi connectivity index (χ3n) is 2.62. The van der Waals surface area contributed by atoms with Gasteiger partial charge in [-0.1, -0.05) is 21.9 Å². The number of ether oxygens (including phenoxy) is 2. The summed E-state index contributed by atoms with van der Waals surface area (Å²) in [4.78, 5) is 11.5. The maximum absolute atomic E-state index is 11.5. The lowest BCUT2D eigenvalue weighted by Crippen LogP contribution is -2.36. The van der Waals surface area contributed by atoms with Crippen LogP contribution in [0.4, 0.5) is 4.79 Å². The number of benzene rings is 1. The molecule has 0 bridgehead atoms. The fraction of sp³-hybridized carbons (Fsp3) is 0.471.